The molecule has 2 rings (SSSR count). The van der Waals surface area contributed by atoms with Gasteiger partial charge in [0.2, 0.25) is 0 Å². The zero-order valence-electron chi connectivity index (χ0n) is 10.8. The van der Waals surface area contributed by atoms with Gasteiger partial charge in [-0.1, -0.05) is 29.8 Å². The number of benzene rings is 2. The zero-order valence-corrected chi connectivity index (χ0v) is 12.4. The van der Waals surface area contributed by atoms with E-state index in [-0.39, 0.29) is 5.56 Å². The molecular weight excluding hydrogens is 296 g/mol. The number of halogens is 1. The van der Waals surface area contributed by atoms with Gasteiger partial charge in [-0.25, -0.2) is 4.79 Å². The van der Waals surface area contributed by atoms with Crippen LogP contribution >= 0.6 is 23.4 Å². The smallest absolute Gasteiger partial charge is 0.339 e. The Kier molecular flexibility index (Phi) is 4.93. The molecule has 2 aromatic carbocycles. The number of carboxylic acids is 1. The fourth-order valence-corrected chi connectivity index (χ4v) is 2.92. The number of methoxy groups -OCH3 is 1. The zero-order chi connectivity index (χ0) is 14.5. The molecule has 0 aliphatic heterocycles. The lowest BCUT2D eigenvalue weighted by Gasteiger charge is -2.08. The molecule has 0 saturated carbocycles. The Morgan fingerprint density at radius 1 is 1.30 bits per heavy atom. The number of carboxylic acid groups (broad SMARTS) is 1. The Bertz CT molecular complexity index is 628. The fourth-order valence-electron chi connectivity index (χ4n) is 1.73. The highest BCUT2D eigenvalue weighted by Crippen LogP contribution is 2.30. The SMILES string of the molecule is COc1ccc(CSc2ccccc2Cl)cc1C(=O)O. The van der Waals surface area contributed by atoms with Crippen molar-refractivity contribution in [2.45, 2.75) is 10.6 Å². The summed E-state index contributed by atoms with van der Waals surface area (Å²) in [5, 5.41) is 9.84. The first-order valence-electron chi connectivity index (χ1n) is 5.89. The second kappa shape index (κ2) is 6.68. The summed E-state index contributed by atoms with van der Waals surface area (Å²) < 4.78 is 5.03. The third kappa shape index (κ3) is 3.46. The van der Waals surface area contributed by atoms with Crippen LogP contribution in [0.15, 0.2) is 47.4 Å². The van der Waals surface area contributed by atoms with Crippen LogP contribution in [0.2, 0.25) is 5.02 Å². The molecule has 0 saturated heterocycles. The summed E-state index contributed by atoms with van der Waals surface area (Å²) in [7, 11) is 1.46. The van der Waals surface area contributed by atoms with Crippen LogP contribution < -0.4 is 4.74 Å². The van der Waals surface area contributed by atoms with Crippen LogP contribution in [0.4, 0.5) is 0 Å². The average Bonchev–Trinajstić information content (AvgIpc) is 2.46. The van der Waals surface area contributed by atoms with Crippen molar-refractivity contribution in [3.8, 4) is 5.75 Å². The van der Waals surface area contributed by atoms with E-state index >= 15 is 0 Å². The molecule has 0 amide bonds. The summed E-state index contributed by atoms with van der Waals surface area (Å²) in [5.41, 5.74) is 1.08. The Labute approximate surface area is 126 Å². The van der Waals surface area contributed by atoms with Gasteiger partial charge in [-0.05, 0) is 29.8 Å². The largest absolute Gasteiger partial charge is 0.496 e. The first-order valence-corrected chi connectivity index (χ1v) is 7.25. The maximum atomic E-state index is 11.2. The molecule has 104 valence electrons. The van der Waals surface area contributed by atoms with Gasteiger partial charge in [-0.15, -0.1) is 11.8 Å². The van der Waals surface area contributed by atoms with Crippen molar-refractivity contribution in [2.75, 3.05) is 7.11 Å². The van der Waals surface area contributed by atoms with Crippen molar-refractivity contribution in [2.24, 2.45) is 0 Å². The lowest BCUT2D eigenvalue weighted by atomic mass is 10.1. The van der Waals surface area contributed by atoms with Crippen molar-refractivity contribution in [1.82, 2.24) is 0 Å². The minimum Gasteiger partial charge on any atom is -0.496 e. The van der Waals surface area contributed by atoms with Crippen molar-refractivity contribution >= 4 is 29.3 Å². The van der Waals surface area contributed by atoms with E-state index in [9.17, 15) is 4.79 Å². The molecule has 0 aromatic heterocycles. The Morgan fingerprint density at radius 3 is 2.70 bits per heavy atom. The minimum atomic E-state index is -0.994. The summed E-state index contributed by atoms with van der Waals surface area (Å²) in [6.45, 7) is 0. The average molecular weight is 309 g/mol. The number of thioether (sulfide) groups is 1. The molecule has 1 N–H and O–H groups in total. The molecule has 0 bridgehead atoms. The number of ether oxygens (including phenoxy) is 1. The van der Waals surface area contributed by atoms with E-state index in [0.29, 0.717) is 16.5 Å². The van der Waals surface area contributed by atoms with Gasteiger partial charge < -0.3 is 9.84 Å². The molecule has 0 aliphatic rings. The predicted molar refractivity (Wildman–Crippen MR) is 81.0 cm³/mol. The molecule has 0 fully saturated rings. The molecular formula is C15H13ClO3S. The Hall–Kier alpha value is -1.65. The van der Waals surface area contributed by atoms with Gasteiger partial charge in [0.15, 0.2) is 0 Å². The molecule has 0 spiro atoms. The molecule has 3 nitrogen and oxygen atoms in total. The minimum absolute atomic E-state index is 0.171. The summed E-state index contributed by atoms with van der Waals surface area (Å²) >= 11 is 7.65. The molecule has 0 radical (unpaired) electrons. The van der Waals surface area contributed by atoms with Crippen LogP contribution in [0.3, 0.4) is 0 Å². The summed E-state index contributed by atoms with van der Waals surface area (Å²) in [6, 6.07) is 12.7. The maximum absolute atomic E-state index is 11.2. The predicted octanol–water partition coefficient (Wildman–Crippen LogP) is 4.34. The molecule has 0 aliphatic carbocycles. The number of rotatable bonds is 5. The molecule has 0 unspecified atom stereocenters. The van der Waals surface area contributed by atoms with Crippen LogP contribution in [0.1, 0.15) is 15.9 Å². The van der Waals surface area contributed by atoms with Gasteiger partial charge >= 0.3 is 5.97 Å². The first-order chi connectivity index (χ1) is 9.61. The highest BCUT2D eigenvalue weighted by molar-refractivity contribution is 7.98. The first kappa shape index (κ1) is 14.8. The van der Waals surface area contributed by atoms with Crippen LogP contribution in [0.25, 0.3) is 0 Å². The van der Waals surface area contributed by atoms with Gasteiger partial charge in [-0.3, -0.25) is 0 Å². The molecule has 0 heterocycles. The van der Waals surface area contributed by atoms with Crippen LogP contribution in [0.5, 0.6) is 5.75 Å². The second-order valence-electron chi connectivity index (χ2n) is 4.06. The Morgan fingerprint density at radius 2 is 2.05 bits per heavy atom. The lowest BCUT2D eigenvalue weighted by Crippen LogP contribution is -2.01. The fraction of sp³-hybridized carbons (Fsp3) is 0.133. The summed E-state index contributed by atoms with van der Waals surface area (Å²) in [6.07, 6.45) is 0. The number of hydrogen-bond donors (Lipinski definition) is 1. The second-order valence-corrected chi connectivity index (χ2v) is 5.48. The van der Waals surface area contributed by atoms with Crippen LogP contribution in [-0.4, -0.2) is 18.2 Å². The summed E-state index contributed by atoms with van der Waals surface area (Å²) in [4.78, 5) is 12.1. The number of hydrogen-bond acceptors (Lipinski definition) is 3. The molecule has 5 heteroatoms. The monoisotopic (exact) mass is 308 g/mol. The van der Waals surface area contributed by atoms with Gasteiger partial charge in [-0.2, -0.15) is 0 Å². The van der Waals surface area contributed by atoms with Gasteiger partial charge in [0, 0.05) is 10.6 Å². The van der Waals surface area contributed by atoms with E-state index < -0.39 is 5.97 Å². The quantitative estimate of drug-likeness (QED) is 0.835. The normalized spacial score (nSPS) is 10.3. The number of carbonyl (C=O) groups is 1. The molecule has 2 aromatic rings. The van der Waals surface area contributed by atoms with Gasteiger partial charge in [0.25, 0.3) is 0 Å². The Balaban J connectivity index is 2.16. The lowest BCUT2D eigenvalue weighted by molar-refractivity contribution is 0.0693. The van der Waals surface area contributed by atoms with Crippen molar-refractivity contribution in [1.29, 1.82) is 0 Å². The standard InChI is InChI=1S/C15H13ClO3S/c1-19-13-7-6-10(8-11(13)15(17)18)9-20-14-5-3-2-4-12(14)16/h2-8H,9H2,1H3,(H,17,18). The number of aromatic carboxylic acids is 1. The van der Waals surface area contributed by atoms with Crippen molar-refractivity contribution < 1.29 is 14.6 Å². The summed E-state index contributed by atoms with van der Waals surface area (Å²) in [5.74, 6) is 0.0176. The van der Waals surface area contributed by atoms with E-state index in [4.69, 9.17) is 21.4 Å². The van der Waals surface area contributed by atoms with E-state index in [1.165, 1.54) is 7.11 Å². The van der Waals surface area contributed by atoms with Crippen molar-refractivity contribution in [3.05, 3.63) is 58.6 Å². The topological polar surface area (TPSA) is 46.5 Å². The third-order valence-electron chi connectivity index (χ3n) is 2.73. The molecule has 0 atom stereocenters. The maximum Gasteiger partial charge on any atom is 0.339 e. The van der Waals surface area contributed by atoms with E-state index in [1.807, 2.05) is 30.3 Å². The van der Waals surface area contributed by atoms with Crippen LogP contribution in [0, 0.1) is 0 Å². The van der Waals surface area contributed by atoms with Gasteiger partial charge in [0.05, 0.1) is 12.1 Å². The highest BCUT2D eigenvalue weighted by Gasteiger charge is 2.11. The van der Waals surface area contributed by atoms with Gasteiger partial charge in [0.1, 0.15) is 11.3 Å². The third-order valence-corrected chi connectivity index (χ3v) is 4.31. The van der Waals surface area contributed by atoms with E-state index in [0.717, 1.165) is 10.5 Å². The van der Waals surface area contributed by atoms with E-state index in [1.54, 1.807) is 23.9 Å². The van der Waals surface area contributed by atoms with Crippen LogP contribution in [-0.2, 0) is 5.75 Å². The molecule has 20 heavy (non-hydrogen) atoms. The van der Waals surface area contributed by atoms with E-state index in [2.05, 4.69) is 0 Å². The highest BCUT2D eigenvalue weighted by atomic mass is 35.5. The van der Waals surface area contributed by atoms with Crippen molar-refractivity contribution in [3.63, 3.8) is 0 Å².